The number of rotatable bonds is 9. The lowest BCUT2D eigenvalue weighted by Gasteiger charge is -2.14. The predicted octanol–water partition coefficient (Wildman–Crippen LogP) is 1.93. The molecule has 0 spiro atoms. The van der Waals surface area contributed by atoms with E-state index >= 15 is 0 Å². The van der Waals surface area contributed by atoms with Crippen LogP contribution in [-0.2, 0) is 14.8 Å². The Morgan fingerprint density at radius 1 is 1.26 bits per heavy atom. The van der Waals surface area contributed by atoms with Crippen LogP contribution in [0, 0.1) is 6.92 Å². The van der Waals surface area contributed by atoms with E-state index in [1.165, 1.54) is 20.2 Å². The fourth-order valence-corrected chi connectivity index (χ4v) is 2.94. The summed E-state index contributed by atoms with van der Waals surface area (Å²) < 4.78 is 30.7. The first-order valence-electron chi connectivity index (χ1n) is 7.71. The molecule has 0 saturated heterocycles. The van der Waals surface area contributed by atoms with E-state index in [0.717, 1.165) is 23.6 Å². The van der Waals surface area contributed by atoms with Crippen LogP contribution in [0.1, 0.15) is 31.7 Å². The smallest absolute Gasteiger partial charge is 0.257 e. The summed E-state index contributed by atoms with van der Waals surface area (Å²) in [5.41, 5.74) is 0.673. The van der Waals surface area contributed by atoms with Crippen molar-refractivity contribution in [1.29, 1.82) is 0 Å². The Labute approximate surface area is 138 Å². The zero-order valence-corrected chi connectivity index (χ0v) is 15.1. The van der Waals surface area contributed by atoms with Crippen LogP contribution in [0.5, 0.6) is 5.75 Å². The largest absolute Gasteiger partial charge is 0.484 e. The molecular formula is C16H26N2O4S. The van der Waals surface area contributed by atoms with Gasteiger partial charge >= 0.3 is 0 Å². The van der Waals surface area contributed by atoms with Gasteiger partial charge in [-0.25, -0.2) is 12.7 Å². The van der Waals surface area contributed by atoms with Crippen molar-refractivity contribution in [2.45, 2.75) is 38.0 Å². The van der Waals surface area contributed by atoms with Crippen molar-refractivity contribution in [3.05, 3.63) is 23.8 Å². The van der Waals surface area contributed by atoms with Gasteiger partial charge in [0, 0.05) is 20.6 Å². The van der Waals surface area contributed by atoms with Gasteiger partial charge in [-0.05, 0) is 37.1 Å². The second-order valence-corrected chi connectivity index (χ2v) is 7.71. The van der Waals surface area contributed by atoms with E-state index < -0.39 is 10.0 Å². The van der Waals surface area contributed by atoms with E-state index in [2.05, 4.69) is 12.2 Å². The highest BCUT2D eigenvalue weighted by atomic mass is 32.2. The van der Waals surface area contributed by atoms with Crippen molar-refractivity contribution < 1.29 is 17.9 Å². The van der Waals surface area contributed by atoms with Gasteiger partial charge in [-0.2, -0.15) is 0 Å². The number of sulfonamides is 1. The fourth-order valence-electron chi connectivity index (χ4n) is 1.95. The van der Waals surface area contributed by atoms with E-state index in [-0.39, 0.29) is 17.4 Å². The van der Waals surface area contributed by atoms with Gasteiger partial charge in [0.05, 0.1) is 4.90 Å². The Morgan fingerprint density at radius 3 is 2.52 bits per heavy atom. The molecule has 6 nitrogen and oxygen atoms in total. The molecule has 1 N–H and O–H groups in total. The van der Waals surface area contributed by atoms with Gasteiger partial charge in [0.15, 0.2) is 6.61 Å². The summed E-state index contributed by atoms with van der Waals surface area (Å²) in [5.74, 6) is 0.330. The van der Waals surface area contributed by atoms with Gasteiger partial charge in [-0.15, -0.1) is 0 Å². The molecule has 0 aliphatic carbocycles. The Balaban J connectivity index is 2.61. The molecule has 0 aliphatic heterocycles. The molecule has 0 aliphatic rings. The van der Waals surface area contributed by atoms with E-state index in [1.807, 2.05) is 0 Å². The van der Waals surface area contributed by atoms with Crippen molar-refractivity contribution >= 4 is 15.9 Å². The highest BCUT2D eigenvalue weighted by Gasteiger charge is 2.18. The van der Waals surface area contributed by atoms with E-state index in [1.54, 1.807) is 19.1 Å². The molecular weight excluding hydrogens is 316 g/mol. The zero-order chi connectivity index (χ0) is 17.5. The summed E-state index contributed by atoms with van der Waals surface area (Å²) in [6, 6.07) is 4.61. The van der Waals surface area contributed by atoms with E-state index in [4.69, 9.17) is 4.74 Å². The topological polar surface area (TPSA) is 75.7 Å². The summed E-state index contributed by atoms with van der Waals surface area (Å²) in [6.07, 6.45) is 3.15. The Morgan fingerprint density at radius 2 is 1.96 bits per heavy atom. The second kappa shape index (κ2) is 8.88. The normalized spacial score (nSPS) is 11.5. The third-order valence-electron chi connectivity index (χ3n) is 3.39. The monoisotopic (exact) mass is 342 g/mol. The van der Waals surface area contributed by atoms with Crippen molar-refractivity contribution in [3.8, 4) is 5.75 Å². The number of aryl methyl sites for hydroxylation is 1. The van der Waals surface area contributed by atoms with Crippen LogP contribution in [0.15, 0.2) is 23.1 Å². The maximum atomic E-state index is 12.1. The summed E-state index contributed by atoms with van der Waals surface area (Å²) >= 11 is 0. The fraction of sp³-hybridized carbons (Fsp3) is 0.562. The molecule has 0 fully saturated rings. The highest BCUT2D eigenvalue weighted by Crippen LogP contribution is 2.23. The van der Waals surface area contributed by atoms with Crippen LogP contribution in [0.2, 0.25) is 0 Å². The van der Waals surface area contributed by atoms with Gasteiger partial charge in [0.2, 0.25) is 10.0 Å². The van der Waals surface area contributed by atoms with Crippen molar-refractivity contribution in [2.24, 2.45) is 0 Å². The lowest BCUT2D eigenvalue weighted by atomic mass is 10.2. The number of carbonyl (C=O) groups is 1. The number of amides is 1. The van der Waals surface area contributed by atoms with Crippen LogP contribution in [0.25, 0.3) is 0 Å². The predicted molar refractivity (Wildman–Crippen MR) is 90.1 cm³/mol. The Bertz CT molecular complexity index is 627. The van der Waals surface area contributed by atoms with Crippen LogP contribution >= 0.6 is 0 Å². The van der Waals surface area contributed by atoms with Crippen molar-refractivity contribution in [1.82, 2.24) is 9.62 Å². The lowest BCUT2D eigenvalue weighted by molar-refractivity contribution is -0.123. The number of nitrogens with one attached hydrogen (secondary N) is 1. The first-order chi connectivity index (χ1) is 10.8. The number of hydrogen-bond donors (Lipinski definition) is 1. The molecule has 1 rings (SSSR count). The maximum absolute atomic E-state index is 12.1. The molecule has 23 heavy (non-hydrogen) atoms. The quantitative estimate of drug-likeness (QED) is 0.696. The average Bonchev–Trinajstić information content (AvgIpc) is 2.50. The van der Waals surface area contributed by atoms with Crippen LogP contribution in [0.3, 0.4) is 0 Å². The van der Waals surface area contributed by atoms with E-state index in [0.29, 0.717) is 17.9 Å². The standard InChI is InChI=1S/C16H26N2O4S/c1-5-6-7-10-17-16(19)12-22-15-9-8-14(11-13(15)2)23(20,21)18(3)4/h8-9,11H,5-7,10,12H2,1-4H3,(H,17,19). The molecule has 130 valence electrons. The number of unbranched alkanes of at least 4 members (excludes halogenated alkanes) is 2. The summed E-state index contributed by atoms with van der Waals surface area (Å²) in [5, 5.41) is 2.79. The highest BCUT2D eigenvalue weighted by molar-refractivity contribution is 7.89. The number of benzene rings is 1. The van der Waals surface area contributed by atoms with Crippen LogP contribution in [-0.4, -0.2) is 45.9 Å². The first-order valence-corrected chi connectivity index (χ1v) is 9.15. The first kappa shape index (κ1) is 19.4. The second-order valence-electron chi connectivity index (χ2n) is 5.56. The Kier molecular flexibility index (Phi) is 7.51. The third kappa shape index (κ3) is 5.84. The molecule has 0 atom stereocenters. The number of carbonyl (C=O) groups excluding carboxylic acids is 1. The molecule has 0 saturated carbocycles. The van der Waals surface area contributed by atoms with Gasteiger partial charge < -0.3 is 10.1 Å². The molecule has 1 aromatic rings. The maximum Gasteiger partial charge on any atom is 0.257 e. The summed E-state index contributed by atoms with van der Waals surface area (Å²) in [7, 11) is -0.498. The number of hydrogen-bond acceptors (Lipinski definition) is 4. The third-order valence-corrected chi connectivity index (χ3v) is 5.20. The summed E-state index contributed by atoms with van der Waals surface area (Å²) in [4.78, 5) is 11.9. The van der Waals surface area contributed by atoms with Gasteiger partial charge in [-0.1, -0.05) is 19.8 Å². The molecule has 0 aromatic heterocycles. The average molecular weight is 342 g/mol. The molecule has 7 heteroatoms. The molecule has 0 heterocycles. The lowest BCUT2D eigenvalue weighted by Crippen LogP contribution is -2.29. The molecule has 0 unspecified atom stereocenters. The minimum atomic E-state index is -3.47. The van der Waals surface area contributed by atoms with Gasteiger partial charge in [0.25, 0.3) is 5.91 Å². The number of ether oxygens (including phenoxy) is 1. The van der Waals surface area contributed by atoms with Crippen LogP contribution in [0.4, 0.5) is 0 Å². The minimum Gasteiger partial charge on any atom is -0.484 e. The van der Waals surface area contributed by atoms with Gasteiger partial charge in [-0.3, -0.25) is 4.79 Å². The zero-order valence-electron chi connectivity index (χ0n) is 14.3. The molecule has 1 aromatic carbocycles. The van der Waals surface area contributed by atoms with Crippen LogP contribution < -0.4 is 10.1 Å². The van der Waals surface area contributed by atoms with Gasteiger partial charge in [0.1, 0.15) is 5.75 Å². The van der Waals surface area contributed by atoms with Crippen molar-refractivity contribution in [3.63, 3.8) is 0 Å². The summed E-state index contributed by atoms with van der Waals surface area (Å²) in [6.45, 7) is 4.43. The molecule has 0 bridgehead atoms. The molecule has 1 amide bonds. The molecule has 0 radical (unpaired) electrons. The van der Waals surface area contributed by atoms with Crippen molar-refractivity contribution in [2.75, 3.05) is 27.2 Å². The Hall–Kier alpha value is -1.60. The van der Waals surface area contributed by atoms with E-state index in [9.17, 15) is 13.2 Å². The SMILES string of the molecule is CCCCCNC(=O)COc1ccc(S(=O)(=O)N(C)C)cc1C. The minimum absolute atomic E-state index is 0.0766. The number of nitrogens with zero attached hydrogens (tertiary/aromatic N) is 1.